The maximum absolute atomic E-state index is 6.09. The van der Waals surface area contributed by atoms with E-state index in [4.69, 9.17) is 33.7 Å². The topological polar surface area (TPSA) is 35.2 Å². The van der Waals surface area contributed by atoms with E-state index < -0.39 is 0 Å². The van der Waals surface area contributed by atoms with E-state index in [2.05, 4.69) is 13.8 Å². The predicted octanol–water partition coefficient (Wildman–Crippen LogP) is 3.70. The van der Waals surface area contributed by atoms with Crippen molar-refractivity contribution in [1.29, 1.82) is 0 Å². The van der Waals surface area contributed by atoms with Crippen molar-refractivity contribution in [2.45, 2.75) is 19.8 Å². The van der Waals surface area contributed by atoms with Crippen LogP contribution in [0.1, 0.15) is 25.3 Å². The number of halogens is 2. The standard InChI is InChI=1S/C12H17Cl2NO/c1-7(2)10(6-15)9-4-8(13)5-11(14)12(9)16-3/h4-5,7,10H,6,15H2,1-3H3. The summed E-state index contributed by atoms with van der Waals surface area (Å²) >= 11 is 12.1. The molecule has 1 unspecified atom stereocenters. The van der Waals surface area contributed by atoms with E-state index in [1.165, 1.54) is 0 Å². The average Bonchev–Trinajstić information content (AvgIpc) is 2.17. The van der Waals surface area contributed by atoms with E-state index in [1.807, 2.05) is 6.07 Å². The van der Waals surface area contributed by atoms with Crippen LogP contribution in [-0.4, -0.2) is 13.7 Å². The molecule has 0 amide bonds. The molecular formula is C12H17Cl2NO. The third-order valence-corrected chi connectivity index (χ3v) is 3.20. The van der Waals surface area contributed by atoms with Crippen molar-refractivity contribution >= 4 is 23.2 Å². The van der Waals surface area contributed by atoms with Gasteiger partial charge in [0.2, 0.25) is 0 Å². The maximum atomic E-state index is 6.09. The Bertz CT molecular complexity index is 366. The second kappa shape index (κ2) is 5.76. The van der Waals surface area contributed by atoms with Crippen molar-refractivity contribution in [3.8, 4) is 5.75 Å². The van der Waals surface area contributed by atoms with Gasteiger partial charge in [0, 0.05) is 16.5 Å². The Morgan fingerprint density at radius 1 is 1.31 bits per heavy atom. The molecule has 0 saturated heterocycles. The molecule has 0 aromatic heterocycles. The Kier molecular flexibility index (Phi) is 4.90. The van der Waals surface area contributed by atoms with E-state index in [9.17, 15) is 0 Å². The Morgan fingerprint density at radius 2 is 1.94 bits per heavy atom. The number of methoxy groups -OCH3 is 1. The summed E-state index contributed by atoms with van der Waals surface area (Å²) in [5.41, 5.74) is 6.77. The van der Waals surface area contributed by atoms with Crippen molar-refractivity contribution in [2.24, 2.45) is 11.7 Å². The Balaban J connectivity index is 3.29. The molecule has 1 aromatic rings. The summed E-state index contributed by atoms with van der Waals surface area (Å²) in [6, 6.07) is 3.56. The fraction of sp³-hybridized carbons (Fsp3) is 0.500. The average molecular weight is 262 g/mol. The summed E-state index contributed by atoms with van der Waals surface area (Å²) in [5, 5.41) is 1.14. The summed E-state index contributed by atoms with van der Waals surface area (Å²) in [6.07, 6.45) is 0. The van der Waals surface area contributed by atoms with E-state index in [0.29, 0.717) is 28.3 Å². The van der Waals surface area contributed by atoms with Gasteiger partial charge >= 0.3 is 0 Å². The van der Waals surface area contributed by atoms with Crippen LogP contribution >= 0.6 is 23.2 Å². The van der Waals surface area contributed by atoms with Crippen LogP contribution in [0.2, 0.25) is 10.0 Å². The van der Waals surface area contributed by atoms with E-state index in [1.54, 1.807) is 13.2 Å². The number of ether oxygens (including phenoxy) is 1. The smallest absolute Gasteiger partial charge is 0.141 e. The molecule has 0 aliphatic heterocycles. The first kappa shape index (κ1) is 13.6. The molecule has 4 heteroatoms. The molecule has 0 fully saturated rings. The third kappa shape index (κ3) is 2.82. The van der Waals surface area contributed by atoms with Crippen LogP contribution in [0.25, 0.3) is 0 Å². The lowest BCUT2D eigenvalue weighted by atomic mass is 9.88. The highest BCUT2D eigenvalue weighted by molar-refractivity contribution is 6.35. The predicted molar refractivity (Wildman–Crippen MR) is 69.6 cm³/mol. The Labute approximate surface area is 107 Å². The minimum atomic E-state index is 0.200. The maximum Gasteiger partial charge on any atom is 0.141 e. The van der Waals surface area contributed by atoms with Gasteiger partial charge in [-0.25, -0.2) is 0 Å². The summed E-state index contributed by atoms with van der Waals surface area (Å²) < 4.78 is 5.32. The number of benzene rings is 1. The summed E-state index contributed by atoms with van der Waals surface area (Å²) in [7, 11) is 1.60. The Hall–Kier alpha value is -0.440. The molecule has 1 aromatic carbocycles. The van der Waals surface area contributed by atoms with E-state index >= 15 is 0 Å². The minimum Gasteiger partial charge on any atom is -0.495 e. The van der Waals surface area contributed by atoms with Crippen LogP contribution in [0.4, 0.5) is 0 Å². The zero-order chi connectivity index (χ0) is 12.3. The fourth-order valence-electron chi connectivity index (χ4n) is 1.83. The number of rotatable bonds is 4. The van der Waals surface area contributed by atoms with Gasteiger partial charge in [0.1, 0.15) is 5.75 Å². The quantitative estimate of drug-likeness (QED) is 0.897. The van der Waals surface area contributed by atoms with Crippen molar-refractivity contribution in [1.82, 2.24) is 0 Å². The van der Waals surface area contributed by atoms with Crippen molar-refractivity contribution in [2.75, 3.05) is 13.7 Å². The lowest BCUT2D eigenvalue weighted by molar-refractivity contribution is 0.396. The first-order valence-electron chi connectivity index (χ1n) is 5.24. The minimum absolute atomic E-state index is 0.200. The van der Waals surface area contributed by atoms with Gasteiger partial charge in [-0.3, -0.25) is 0 Å². The highest BCUT2D eigenvalue weighted by Gasteiger charge is 2.20. The largest absolute Gasteiger partial charge is 0.495 e. The van der Waals surface area contributed by atoms with Gasteiger partial charge < -0.3 is 10.5 Å². The van der Waals surface area contributed by atoms with Crippen molar-refractivity contribution < 1.29 is 4.74 Å². The van der Waals surface area contributed by atoms with Gasteiger partial charge in [0.15, 0.2) is 0 Å². The van der Waals surface area contributed by atoms with Crippen molar-refractivity contribution in [3.05, 3.63) is 27.7 Å². The molecule has 1 atom stereocenters. The molecule has 16 heavy (non-hydrogen) atoms. The molecule has 0 spiro atoms. The van der Waals surface area contributed by atoms with Gasteiger partial charge in [0.05, 0.1) is 12.1 Å². The van der Waals surface area contributed by atoms with Gasteiger partial charge in [-0.2, -0.15) is 0 Å². The molecular weight excluding hydrogens is 245 g/mol. The lowest BCUT2D eigenvalue weighted by Crippen LogP contribution is -2.18. The van der Waals surface area contributed by atoms with E-state index in [0.717, 1.165) is 5.56 Å². The van der Waals surface area contributed by atoms with Crippen LogP contribution in [-0.2, 0) is 0 Å². The molecule has 90 valence electrons. The monoisotopic (exact) mass is 261 g/mol. The van der Waals surface area contributed by atoms with Crippen LogP contribution in [0.15, 0.2) is 12.1 Å². The first-order valence-corrected chi connectivity index (χ1v) is 5.99. The molecule has 2 nitrogen and oxygen atoms in total. The van der Waals surface area contributed by atoms with Crippen LogP contribution in [0.5, 0.6) is 5.75 Å². The SMILES string of the molecule is COc1c(Cl)cc(Cl)cc1C(CN)C(C)C. The highest BCUT2D eigenvalue weighted by atomic mass is 35.5. The molecule has 0 aliphatic rings. The zero-order valence-electron chi connectivity index (χ0n) is 9.76. The number of nitrogens with two attached hydrogens (primary N) is 1. The summed E-state index contributed by atoms with van der Waals surface area (Å²) in [4.78, 5) is 0. The van der Waals surface area contributed by atoms with Gasteiger partial charge in [-0.15, -0.1) is 0 Å². The molecule has 0 bridgehead atoms. The molecule has 2 N–H and O–H groups in total. The molecule has 0 heterocycles. The Morgan fingerprint density at radius 3 is 2.38 bits per heavy atom. The second-order valence-corrected chi connectivity index (χ2v) is 4.94. The van der Waals surface area contributed by atoms with Crippen LogP contribution < -0.4 is 10.5 Å². The van der Waals surface area contributed by atoms with Crippen LogP contribution in [0.3, 0.4) is 0 Å². The van der Waals surface area contributed by atoms with Crippen molar-refractivity contribution in [3.63, 3.8) is 0 Å². The molecule has 0 saturated carbocycles. The van der Waals surface area contributed by atoms with Gasteiger partial charge in [-0.1, -0.05) is 37.0 Å². The molecule has 1 rings (SSSR count). The summed E-state index contributed by atoms with van der Waals surface area (Å²) in [5.74, 6) is 1.29. The van der Waals surface area contributed by atoms with E-state index in [-0.39, 0.29) is 5.92 Å². The third-order valence-electron chi connectivity index (χ3n) is 2.70. The second-order valence-electron chi connectivity index (χ2n) is 4.10. The zero-order valence-corrected chi connectivity index (χ0v) is 11.3. The number of hydrogen-bond acceptors (Lipinski definition) is 2. The normalized spacial score (nSPS) is 12.9. The highest BCUT2D eigenvalue weighted by Crippen LogP contribution is 2.38. The van der Waals surface area contributed by atoms with Gasteiger partial charge in [-0.05, 0) is 24.6 Å². The van der Waals surface area contributed by atoms with Gasteiger partial charge in [0.25, 0.3) is 0 Å². The lowest BCUT2D eigenvalue weighted by Gasteiger charge is -2.22. The molecule has 0 aliphatic carbocycles. The molecule has 0 radical (unpaired) electrons. The summed E-state index contributed by atoms with van der Waals surface area (Å²) in [6.45, 7) is 4.78. The number of hydrogen-bond donors (Lipinski definition) is 1. The first-order chi connectivity index (χ1) is 7.51. The fourth-order valence-corrected chi connectivity index (χ4v) is 2.42. The van der Waals surface area contributed by atoms with Crippen LogP contribution in [0, 0.1) is 5.92 Å².